The second-order valence-electron chi connectivity index (χ2n) is 17.0. The maximum Gasteiger partial charge on any atom is 0.294 e. The summed E-state index contributed by atoms with van der Waals surface area (Å²) in [5.41, 5.74) is 5.66. The highest BCUT2D eigenvalue weighted by atomic mass is 35.5. The smallest absolute Gasteiger partial charge is 0.294 e. The number of rotatable bonds is 12. The van der Waals surface area contributed by atoms with E-state index in [1.807, 2.05) is 37.2 Å². The Bertz CT molecular complexity index is 2620. The zero-order chi connectivity index (χ0) is 43.1. The van der Waals surface area contributed by atoms with Gasteiger partial charge < -0.3 is 24.8 Å². The highest BCUT2D eigenvalue weighted by molar-refractivity contribution is 7.99. The SMILES string of the molecule is CN(C)C[C@@H]1CSc2cc(S(=O)(=O)NC(=O)c3ccc(N4CCN(CC5=C(c6ccc(Cl)cc6)CC(C)(C)CC5)CC4)cc3Oc3cnc4[nH]ccc4c3)cc([N+](=O)[O-])c2N1. The number of hydrogen-bond donors (Lipinski definition) is 3. The van der Waals surface area contributed by atoms with Crippen LogP contribution in [0.4, 0.5) is 17.1 Å². The van der Waals surface area contributed by atoms with Gasteiger partial charge in [0.05, 0.1) is 21.6 Å². The summed E-state index contributed by atoms with van der Waals surface area (Å²) in [5, 5.41) is 16.9. The first-order valence-corrected chi connectivity index (χ1v) is 23.1. The molecule has 3 aliphatic rings. The summed E-state index contributed by atoms with van der Waals surface area (Å²) in [6.07, 6.45) is 6.49. The van der Waals surface area contributed by atoms with Crippen LogP contribution < -0.4 is 19.7 Å². The maximum atomic E-state index is 14.0. The van der Waals surface area contributed by atoms with Crippen LogP contribution in [0.25, 0.3) is 16.6 Å². The molecule has 1 aliphatic carbocycles. The number of nitro benzene ring substituents is 1. The van der Waals surface area contributed by atoms with Crippen LogP contribution in [-0.2, 0) is 10.0 Å². The van der Waals surface area contributed by atoms with Crippen molar-refractivity contribution in [3.63, 3.8) is 0 Å². The highest BCUT2D eigenvalue weighted by Crippen LogP contribution is 2.44. The number of nitro groups is 1. The van der Waals surface area contributed by atoms with E-state index >= 15 is 0 Å². The molecule has 0 bridgehead atoms. The number of halogens is 1. The molecule has 5 aromatic rings. The van der Waals surface area contributed by atoms with Gasteiger partial charge in [-0.05, 0) is 92.4 Å². The largest absolute Gasteiger partial charge is 0.455 e. The lowest BCUT2D eigenvalue weighted by Crippen LogP contribution is -2.47. The average molecular weight is 886 g/mol. The zero-order valence-corrected chi connectivity index (χ0v) is 36.9. The van der Waals surface area contributed by atoms with Crippen molar-refractivity contribution in [1.82, 2.24) is 24.5 Å². The molecule has 1 fully saturated rings. The maximum absolute atomic E-state index is 14.0. The van der Waals surface area contributed by atoms with E-state index < -0.39 is 25.7 Å². The summed E-state index contributed by atoms with van der Waals surface area (Å²) in [6.45, 7) is 9.29. The van der Waals surface area contributed by atoms with Gasteiger partial charge in [0.15, 0.2) is 0 Å². The number of H-pyrrole nitrogens is 1. The fourth-order valence-electron chi connectivity index (χ4n) is 8.33. The average Bonchev–Trinajstić information content (AvgIpc) is 3.69. The molecule has 14 nitrogen and oxygen atoms in total. The van der Waals surface area contributed by atoms with Crippen molar-refractivity contribution >= 4 is 73.0 Å². The summed E-state index contributed by atoms with van der Waals surface area (Å²) in [4.78, 5) is 39.8. The topological polar surface area (TPSA) is 166 Å². The Morgan fingerprint density at radius 1 is 1.08 bits per heavy atom. The number of nitrogens with zero attached hydrogens (tertiary/aromatic N) is 5. The molecule has 1 atom stereocenters. The van der Waals surface area contributed by atoms with Crippen molar-refractivity contribution in [2.75, 3.05) is 69.3 Å². The van der Waals surface area contributed by atoms with Crippen molar-refractivity contribution in [2.45, 2.75) is 48.9 Å². The van der Waals surface area contributed by atoms with E-state index in [4.69, 9.17) is 16.3 Å². The van der Waals surface area contributed by atoms with Gasteiger partial charge in [0, 0.05) is 90.4 Å². The molecule has 61 heavy (non-hydrogen) atoms. The molecule has 4 heterocycles. The van der Waals surface area contributed by atoms with Crippen molar-refractivity contribution in [3.05, 3.63) is 111 Å². The Morgan fingerprint density at radius 3 is 2.59 bits per heavy atom. The number of allylic oxidation sites excluding steroid dienone is 1. The minimum absolute atomic E-state index is 0.0305. The fourth-order valence-corrected chi connectivity index (χ4v) is 10.6. The molecule has 3 aromatic carbocycles. The molecular formula is C44H49ClN8O6S2. The quantitative estimate of drug-likeness (QED) is 0.0813. The van der Waals surface area contributed by atoms with Crippen LogP contribution in [0.3, 0.4) is 0 Å². The fraction of sp³-hybridized carbons (Fsp3) is 0.364. The summed E-state index contributed by atoms with van der Waals surface area (Å²) in [5.74, 6) is 0.120. The minimum Gasteiger partial charge on any atom is -0.455 e. The molecule has 320 valence electrons. The molecule has 0 spiro atoms. The number of carbonyl (C=O) groups excluding carboxylic acids is 1. The molecule has 8 rings (SSSR count). The second kappa shape index (κ2) is 17.3. The molecule has 2 aliphatic heterocycles. The zero-order valence-electron chi connectivity index (χ0n) is 34.5. The Balaban J connectivity index is 1.03. The van der Waals surface area contributed by atoms with E-state index in [-0.39, 0.29) is 34.1 Å². The number of fused-ring (bicyclic) bond motifs is 2. The van der Waals surface area contributed by atoms with Gasteiger partial charge in [-0.15, -0.1) is 11.8 Å². The van der Waals surface area contributed by atoms with Crippen LogP contribution in [0.15, 0.2) is 94.5 Å². The third-order valence-electron chi connectivity index (χ3n) is 11.5. The molecule has 0 radical (unpaired) electrons. The van der Waals surface area contributed by atoms with Gasteiger partial charge in [-0.3, -0.25) is 19.8 Å². The number of sulfonamides is 1. The van der Waals surface area contributed by atoms with E-state index in [0.717, 1.165) is 74.1 Å². The van der Waals surface area contributed by atoms with Crippen molar-refractivity contribution in [2.24, 2.45) is 5.41 Å². The Hall–Kier alpha value is -5.13. The number of thioether (sulfide) groups is 1. The van der Waals surface area contributed by atoms with Crippen LogP contribution >= 0.6 is 23.4 Å². The number of piperazine rings is 1. The van der Waals surface area contributed by atoms with Gasteiger partial charge in [0.25, 0.3) is 21.6 Å². The van der Waals surface area contributed by atoms with Crippen LogP contribution in [0.2, 0.25) is 5.02 Å². The van der Waals surface area contributed by atoms with Gasteiger partial charge in [0.1, 0.15) is 22.8 Å². The number of aromatic nitrogens is 2. The third-order valence-corrected chi connectivity index (χ3v) is 14.3. The lowest BCUT2D eigenvalue weighted by molar-refractivity contribution is -0.384. The molecular weight excluding hydrogens is 836 g/mol. The van der Waals surface area contributed by atoms with Gasteiger partial charge in [-0.25, -0.2) is 18.1 Å². The van der Waals surface area contributed by atoms with E-state index in [2.05, 4.69) is 55.8 Å². The van der Waals surface area contributed by atoms with Gasteiger partial charge >= 0.3 is 0 Å². The van der Waals surface area contributed by atoms with E-state index in [9.17, 15) is 23.3 Å². The normalized spacial score (nSPS) is 18.2. The monoisotopic (exact) mass is 884 g/mol. The van der Waals surface area contributed by atoms with E-state index in [1.54, 1.807) is 30.5 Å². The molecule has 0 unspecified atom stereocenters. The number of aromatic amines is 1. The number of benzene rings is 3. The van der Waals surface area contributed by atoms with Crippen molar-refractivity contribution in [3.8, 4) is 11.5 Å². The molecule has 1 saturated heterocycles. The number of anilines is 2. The van der Waals surface area contributed by atoms with Crippen molar-refractivity contribution in [1.29, 1.82) is 0 Å². The Morgan fingerprint density at radius 2 is 1.85 bits per heavy atom. The lowest BCUT2D eigenvalue weighted by atomic mass is 9.72. The predicted octanol–water partition coefficient (Wildman–Crippen LogP) is 8.27. The number of pyridine rings is 1. The van der Waals surface area contributed by atoms with Crippen LogP contribution in [0.5, 0.6) is 11.5 Å². The number of ether oxygens (including phenoxy) is 1. The summed E-state index contributed by atoms with van der Waals surface area (Å²) in [7, 11) is -0.751. The number of likely N-dealkylation sites (N-methyl/N-ethyl adjacent to an activating group) is 1. The molecule has 1 amide bonds. The van der Waals surface area contributed by atoms with Gasteiger partial charge in [-0.2, -0.15) is 0 Å². The van der Waals surface area contributed by atoms with Crippen LogP contribution in [-0.4, -0.2) is 104 Å². The standard InChI is InChI=1S/C44H49ClN8O6S2/c1-44(2)13-11-30(37(23-44)28-5-7-31(45)8-6-28)25-51-15-17-52(18-16-51)33-9-10-36(39(20-33)59-34-19-29-12-14-46-42(29)47-24-34)43(54)49-61(57,58)35-21-38(53(55)56)41-40(22-35)60-27-32(48-41)26-50(3)4/h5-10,12,14,19-22,24,32,48H,11,13,15-18,23,25-27H2,1-4H3,(H,46,47)(H,49,54)/t32-/m1/s1. The van der Waals surface area contributed by atoms with Crippen LogP contribution in [0.1, 0.15) is 49.0 Å². The molecule has 17 heteroatoms. The first-order chi connectivity index (χ1) is 29.1. The number of hydrogen-bond acceptors (Lipinski definition) is 12. The first-order valence-electron chi connectivity index (χ1n) is 20.2. The van der Waals surface area contributed by atoms with E-state index in [0.29, 0.717) is 28.6 Å². The molecule has 2 aromatic heterocycles. The van der Waals surface area contributed by atoms with Gasteiger partial charge in [-0.1, -0.05) is 43.2 Å². The summed E-state index contributed by atoms with van der Waals surface area (Å²) >= 11 is 7.57. The van der Waals surface area contributed by atoms with Gasteiger partial charge in [0.2, 0.25) is 0 Å². The number of carbonyl (C=O) groups is 1. The Labute approximate surface area is 364 Å². The molecule has 0 saturated carbocycles. The number of nitrogens with one attached hydrogen (secondary N) is 3. The predicted molar refractivity (Wildman–Crippen MR) is 242 cm³/mol. The summed E-state index contributed by atoms with van der Waals surface area (Å²) in [6, 6.07) is 19.2. The second-order valence-corrected chi connectivity index (χ2v) is 20.2. The molecule has 3 N–H and O–H groups in total. The van der Waals surface area contributed by atoms with Crippen LogP contribution in [0, 0.1) is 15.5 Å². The first kappa shape index (κ1) is 42.6. The lowest BCUT2D eigenvalue weighted by Gasteiger charge is -2.39. The highest BCUT2D eigenvalue weighted by Gasteiger charge is 2.33. The Kier molecular flexibility index (Phi) is 12.1. The minimum atomic E-state index is -4.57. The number of amides is 1. The van der Waals surface area contributed by atoms with E-state index in [1.165, 1.54) is 40.7 Å². The summed E-state index contributed by atoms with van der Waals surface area (Å²) < 4.78 is 36.2. The van der Waals surface area contributed by atoms with Crippen molar-refractivity contribution < 1.29 is 22.9 Å². The third kappa shape index (κ3) is 9.68.